The second kappa shape index (κ2) is 27.6. The third-order valence-corrected chi connectivity index (χ3v) is 22.4. The molecule has 6 aromatic rings. The van der Waals surface area contributed by atoms with E-state index < -0.39 is 22.5 Å². The van der Waals surface area contributed by atoms with Crippen LogP contribution < -0.4 is 58.9 Å². The lowest BCUT2D eigenvalue weighted by Gasteiger charge is -2.38. The van der Waals surface area contributed by atoms with Crippen molar-refractivity contribution in [3.63, 3.8) is 0 Å². The molecule has 15 nitrogen and oxygen atoms in total. The first-order valence-electron chi connectivity index (χ1n) is 24.4. The Hall–Kier alpha value is -5.43. The van der Waals surface area contributed by atoms with Crippen molar-refractivity contribution in [2.45, 2.75) is 38.5 Å². The summed E-state index contributed by atoms with van der Waals surface area (Å²) < 4.78 is 50.8. The molecule has 0 aromatic heterocycles. The van der Waals surface area contributed by atoms with E-state index in [4.69, 9.17) is 42.0 Å². The highest BCUT2D eigenvalue weighted by Gasteiger charge is 2.37. The molecule has 6 aromatic carbocycles. The molecule has 0 fully saturated rings. The molecule has 0 radical (unpaired) electrons. The van der Waals surface area contributed by atoms with Crippen LogP contribution in [-0.2, 0) is 38.5 Å². The van der Waals surface area contributed by atoms with Gasteiger partial charge in [0.25, 0.3) is 0 Å². The number of methoxy groups -OCH3 is 6. The van der Waals surface area contributed by atoms with E-state index in [1.807, 2.05) is 72.8 Å². The predicted octanol–water partition coefficient (Wildman–Crippen LogP) is 10.9. The van der Waals surface area contributed by atoms with Crippen LogP contribution in [0.4, 0.5) is 0 Å². The van der Waals surface area contributed by atoms with Gasteiger partial charge in [0.2, 0.25) is 22.5 Å². The van der Waals surface area contributed by atoms with Crippen molar-refractivity contribution in [1.29, 1.82) is 0 Å². The molecule has 0 amide bonds. The summed E-state index contributed by atoms with van der Waals surface area (Å²) in [5, 5.41) is 24.0. The van der Waals surface area contributed by atoms with Crippen molar-refractivity contribution in [3.8, 4) is 34.5 Å². The largest absolute Gasteiger partial charge is 0.497 e. The van der Waals surface area contributed by atoms with Crippen LogP contribution in [0.1, 0.15) is 33.4 Å². The van der Waals surface area contributed by atoms with Gasteiger partial charge in [-0.25, -0.2) is 0 Å². The van der Waals surface area contributed by atoms with Crippen LogP contribution in [0.3, 0.4) is 0 Å². The van der Waals surface area contributed by atoms with E-state index in [1.54, 1.807) is 42.7 Å². The van der Waals surface area contributed by atoms with E-state index in [2.05, 4.69) is 103 Å². The number of rotatable bonds is 30. The Morgan fingerprint density at radius 3 is 0.514 bits per heavy atom. The summed E-state index contributed by atoms with van der Waals surface area (Å²) in [5.41, 5.74) is 7.05. The van der Waals surface area contributed by atoms with E-state index in [-0.39, 0.29) is 0 Å². The lowest BCUT2D eigenvalue weighted by atomic mass is 10.1. The lowest BCUT2D eigenvalue weighted by Crippen LogP contribution is -2.33. The van der Waals surface area contributed by atoms with Crippen LogP contribution in [0.2, 0.25) is 0 Å². The standard InChI is InChI=1S/C54H72N9O6P3/c1-64-49-19-7-43(8-20-49)31-37-55-70(56-38-32-44-9-21-50(65-2)22-10-44)61-71(57-39-33-45-11-23-51(66-3)24-12-45,58-40-34-46-13-25-52(67-4)26-14-46)63-72(62-70,59-41-35-47-15-27-53(68-5)28-16-47)60-42-36-48-17-29-54(69-6)30-18-48/h7-30,55-60H,31-42H2,1-6H3. The van der Waals surface area contributed by atoms with Gasteiger partial charge in [-0.3, -0.25) is 30.5 Å². The van der Waals surface area contributed by atoms with Gasteiger partial charge in [-0.15, -0.1) is 0 Å². The van der Waals surface area contributed by atoms with E-state index in [1.165, 1.54) is 33.4 Å². The summed E-state index contributed by atoms with van der Waals surface area (Å²) in [4.78, 5) is 0. The van der Waals surface area contributed by atoms with Gasteiger partial charge in [0, 0.05) is 39.3 Å². The molecule has 0 atom stereocenters. The fourth-order valence-electron chi connectivity index (χ4n) is 8.05. The summed E-state index contributed by atoms with van der Waals surface area (Å²) in [6, 6.07) is 49.5. The molecule has 384 valence electrons. The average molecular weight is 1040 g/mol. The monoisotopic (exact) mass is 1040 g/mol. The van der Waals surface area contributed by atoms with Crippen molar-refractivity contribution < 1.29 is 28.4 Å². The topological polar surface area (TPSA) is 165 Å². The lowest BCUT2D eigenvalue weighted by molar-refractivity contribution is 0.414. The Morgan fingerprint density at radius 1 is 0.250 bits per heavy atom. The Balaban J connectivity index is 1.34. The summed E-state index contributed by atoms with van der Waals surface area (Å²) in [6.07, 6.45) is 4.48. The summed E-state index contributed by atoms with van der Waals surface area (Å²) in [6.45, 7) is 3.65. The van der Waals surface area contributed by atoms with Crippen LogP contribution in [0.25, 0.3) is 0 Å². The molecule has 1 heterocycles. The van der Waals surface area contributed by atoms with Gasteiger partial charge in [0.05, 0.1) is 42.7 Å². The first-order valence-corrected chi connectivity index (χ1v) is 29.5. The molecular formula is C54H72N9O6P3. The highest BCUT2D eigenvalue weighted by Crippen LogP contribution is 2.70. The smallest absolute Gasteiger partial charge is 0.215 e. The first kappa shape index (κ1) is 54.3. The Labute approximate surface area is 427 Å². The van der Waals surface area contributed by atoms with Crippen molar-refractivity contribution in [1.82, 2.24) is 30.5 Å². The molecule has 6 N–H and O–H groups in total. The van der Waals surface area contributed by atoms with Gasteiger partial charge in [-0.05, 0) is 145 Å². The Bertz CT molecular complexity index is 2260. The van der Waals surface area contributed by atoms with Gasteiger partial charge in [0.1, 0.15) is 34.5 Å². The third kappa shape index (κ3) is 16.3. The maximum absolute atomic E-state index is 5.93. The fraction of sp³-hybridized carbons (Fsp3) is 0.333. The molecule has 1 aliphatic heterocycles. The molecule has 72 heavy (non-hydrogen) atoms. The number of nitrogens with zero attached hydrogens (tertiary/aromatic N) is 3. The van der Waals surface area contributed by atoms with Gasteiger partial charge in [0.15, 0.2) is 0 Å². The van der Waals surface area contributed by atoms with Crippen LogP contribution in [0, 0.1) is 0 Å². The van der Waals surface area contributed by atoms with Crippen LogP contribution in [-0.4, -0.2) is 81.9 Å². The van der Waals surface area contributed by atoms with Crippen molar-refractivity contribution in [2.75, 3.05) is 81.9 Å². The SMILES string of the molecule is COc1ccc(CCNP2(NCCc3ccc(OC)cc3)=NP(NCCc3ccc(OC)cc3)(NCCc3ccc(OC)cc3)=NP(NCCc3ccc(OC)cc3)(NCCc3ccc(OC)cc3)=N2)cc1. The summed E-state index contributed by atoms with van der Waals surface area (Å²) in [5.74, 6) is 4.93. The molecule has 0 aliphatic carbocycles. The normalized spacial score (nSPS) is 14.2. The number of nitrogens with one attached hydrogen (secondary N) is 6. The fourth-order valence-corrected chi connectivity index (χ4v) is 19.9. The summed E-state index contributed by atoms with van der Waals surface area (Å²) in [7, 11) is 1.03. The highest BCUT2D eigenvalue weighted by molar-refractivity contribution is 7.83. The van der Waals surface area contributed by atoms with Crippen molar-refractivity contribution in [2.24, 2.45) is 13.5 Å². The molecule has 0 spiro atoms. The van der Waals surface area contributed by atoms with E-state index in [0.717, 1.165) is 73.0 Å². The highest BCUT2D eigenvalue weighted by atomic mass is 31.3. The number of ether oxygens (including phenoxy) is 6. The molecule has 1 aliphatic rings. The van der Waals surface area contributed by atoms with Gasteiger partial charge >= 0.3 is 0 Å². The van der Waals surface area contributed by atoms with E-state index in [0.29, 0.717) is 39.3 Å². The molecule has 18 heteroatoms. The maximum atomic E-state index is 5.93. The number of hydrogen-bond acceptors (Lipinski definition) is 15. The minimum Gasteiger partial charge on any atom is -0.497 e. The van der Waals surface area contributed by atoms with Crippen LogP contribution >= 0.6 is 22.5 Å². The third-order valence-electron chi connectivity index (χ3n) is 12.2. The quantitative estimate of drug-likeness (QED) is 0.0237. The van der Waals surface area contributed by atoms with Gasteiger partial charge in [-0.1, -0.05) is 72.8 Å². The second-order valence-corrected chi connectivity index (χ2v) is 24.8. The van der Waals surface area contributed by atoms with Crippen molar-refractivity contribution in [3.05, 3.63) is 179 Å². The molecule has 0 saturated heterocycles. The van der Waals surface area contributed by atoms with Gasteiger partial charge < -0.3 is 28.4 Å². The van der Waals surface area contributed by atoms with E-state index in [9.17, 15) is 0 Å². The molecule has 0 unspecified atom stereocenters. The van der Waals surface area contributed by atoms with Crippen LogP contribution in [0.15, 0.2) is 159 Å². The van der Waals surface area contributed by atoms with Crippen molar-refractivity contribution >= 4 is 22.5 Å². The predicted molar refractivity (Wildman–Crippen MR) is 296 cm³/mol. The second-order valence-electron chi connectivity index (χ2n) is 17.1. The number of benzene rings is 6. The molecule has 0 saturated carbocycles. The number of hydrogen-bond donors (Lipinski definition) is 6. The first-order chi connectivity index (χ1) is 35.2. The Kier molecular flexibility index (Phi) is 20.8. The minimum absolute atomic E-state index is 0.609. The van der Waals surface area contributed by atoms with Crippen LogP contribution in [0.5, 0.6) is 34.5 Å². The zero-order valence-electron chi connectivity index (χ0n) is 42.5. The average Bonchev–Trinajstić information content (AvgIpc) is 3.42. The van der Waals surface area contributed by atoms with Gasteiger partial charge in [-0.2, -0.15) is 13.5 Å². The zero-order valence-corrected chi connectivity index (χ0v) is 45.2. The zero-order chi connectivity index (χ0) is 50.5. The summed E-state index contributed by atoms with van der Waals surface area (Å²) >= 11 is 0. The van der Waals surface area contributed by atoms with E-state index >= 15 is 0 Å². The maximum Gasteiger partial charge on any atom is 0.215 e. The molecular weight excluding hydrogens is 964 g/mol. The minimum atomic E-state index is -3.04. The molecule has 7 rings (SSSR count). The molecule has 0 bridgehead atoms. The Morgan fingerprint density at radius 2 is 0.389 bits per heavy atom.